The van der Waals surface area contributed by atoms with Crippen LogP contribution in [0.3, 0.4) is 0 Å². The van der Waals surface area contributed by atoms with Gasteiger partial charge < -0.3 is 10.2 Å². The normalized spacial score (nSPS) is 11.3. The van der Waals surface area contributed by atoms with Gasteiger partial charge in [-0.25, -0.2) is 0 Å². The molecule has 5 nitrogen and oxygen atoms in total. The van der Waals surface area contributed by atoms with Crippen LogP contribution in [0.4, 0.5) is 0 Å². The molecule has 0 atom stereocenters. The maximum absolute atomic E-state index is 9.22. The molecule has 0 aliphatic carbocycles. The Balaban J connectivity index is 2.29. The van der Waals surface area contributed by atoms with Gasteiger partial charge in [-0.05, 0) is 6.42 Å². The van der Waals surface area contributed by atoms with Crippen molar-refractivity contribution in [1.29, 1.82) is 0 Å². The Morgan fingerprint density at radius 3 is 2.50 bits per heavy atom. The van der Waals surface area contributed by atoms with Gasteiger partial charge in [-0.2, -0.15) is 5.10 Å². The van der Waals surface area contributed by atoms with Crippen molar-refractivity contribution in [2.45, 2.75) is 13.0 Å². The van der Waals surface area contributed by atoms with Crippen molar-refractivity contribution in [3.05, 3.63) is 41.0 Å². The molecule has 2 aromatic rings. The molecular weight excluding hydrogens is 302 g/mol. The van der Waals surface area contributed by atoms with Crippen molar-refractivity contribution in [3.63, 3.8) is 0 Å². The first-order chi connectivity index (χ1) is 10.7. The van der Waals surface area contributed by atoms with Crippen molar-refractivity contribution >= 4 is 11.6 Å². The molecule has 22 heavy (non-hydrogen) atoms. The average Bonchev–Trinajstić information content (AvgIpc) is 2.82. The molecule has 0 aliphatic rings. The van der Waals surface area contributed by atoms with E-state index in [1.165, 1.54) is 0 Å². The number of aliphatic hydroxyl groups excluding tert-OH is 2. The predicted octanol–water partition coefficient (Wildman–Crippen LogP) is 1.92. The van der Waals surface area contributed by atoms with Gasteiger partial charge in [0.25, 0.3) is 0 Å². The molecule has 0 fully saturated rings. The second-order valence-electron chi connectivity index (χ2n) is 5.18. The standard InChI is InChI=1S/C16H22ClN3O2/c1-19-16(17)14(12-20(9-11-22)8-5-10-21)15(18-19)13-6-3-2-4-7-13/h2-4,6-7,21-22H,5,8-12H2,1H3. The molecule has 1 aromatic heterocycles. The highest BCUT2D eigenvalue weighted by molar-refractivity contribution is 6.30. The lowest BCUT2D eigenvalue weighted by molar-refractivity contribution is 0.174. The van der Waals surface area contributed by atoms with Crippen LogP contribution < -0.4 is 0 Å². The number of benzene rings is 1. The highest BCUT2D eigenvalue weighted by Crippen LogP contribution is 2.29. The van der Waals surface area contributed by atoms with E-state index in [0.29, 0.717) is 31.2 Å². The van der Waals surface area contributed by atoms with Crippen LogP contribution in [0.2, 0.25) is 5.15 Å². The van der Waals surface area contributed by atoms with E-state index in [0.717, 1.165) is 16.8 Å². The van der Waals surface area contributed by atoms with E-state index in [2.05, 4.69) is 10.00 Å². The topological polar surface area (TPSA) is 61.5 Å². The summed E-state index contributed by atoms with van der Waals surface area (Å²) < 4.78 is 1.67. The number of nitrogens with zero attached hydrogens (tertiary/aromatic N) is 3. The third kappa shape index (κ3) is 4.08. The Kier molecular flexibility index (Phi) is 6.39. The summed E-state index contributed by atoms with van der Waals surface area (Å²) in [7, 11) is 1.82. The molecule has 0 amide bonds. The molecule has 0 aliphatic heterocycles. The molecule has 0 spiro atoms. The molecular formula is C16H22ClN3O2. The van der Waals surface area contributed by atoms with E-state index in [1.807, 2.05) is 37.4 Å². The van der Waals surface area contributed by atoms with E-state index in [4.69, 9.17) is 16.7 Å². The zero-order valence-electron chi connectivity index (χ0n) is 12.7. The van der Waals surface area contributed by atoms with E-state index in [9.17, 15) is 5.11 Å². The fourth-order valence-corrected chi connectivity index (χ4v) is 2.63. The van der Waals surface area contributed by atoms with E-state index < -0.39 is 0 Å². The van der Waals surface area contributed by atoms with Crippen LogP contribution in [-0.4, -0.2) is 51.2 Å². The number of aliphatic hydroxyl groups is 2. The van der Waals surface area contributed by atoms with Gasteiger partial charge in [0.05, 0.1) is 12.3 Å². The zero-order valence-corrected chi connectivity index (χ0v) is 13.5. The maximum Gasteiger partial charge on any atom is 0.131 e. The first-order valence-corrected chi connectivity index (χ1v) is 7.76. The van der Waals surface area contributed by atoms with Gasteiger partial charge >= 0.3 is 0 Å². The highest BCUT2D eigenvalue weighted by Gasteiger charge is 2.18. The van der Waals surface area contributed by atoms with Gasteiger partial charge in [-0.3, -0.25) is 9.58 Å². The minimum atomic E-state index is 0.0734. The second kappa shape index (κ2) is 8.29. The van der Waals surface area contributed by atoms with Gasteiger partial charge in [-0.1, -0.05) is 41.9 Å². The van der Waals surface area contributed by atoms with Crippen LogP contribution in [0.5, 0.6) is 0 Å². The summed E-state index contributed by atoms with van der Waals surface area (Å²) in [5.41, 5.74) is 2.83. The average molecular weight is 324 g/mol. The molecule has 0 bridgehead atoms. The van der Waals surface area contributed by atoms with Gasteiger partial charge in [0.2, 0.25) is 0 Å². The van der Waals surface area contributed by atoms with Crippen molar-refractivity contribution in [3.8, 4) is 11.3 Å². The molecule has 0 radical (unpaired) electrons. The molecule has 0 saturated heterocycles. The van der Waals surface area contributed by atoms with Gasteiger partial charge in [0.1, 0.15) is 5.15 Å². The Labute approximate surface area is 135 Å². The van der Waals surface area contributed by atoms with E-state index in [1.54, 1.807) is 4.68 Å². The molecule has 0 unspecified atom stereocenters. The largest absolute Gasteiger partial charge is 0.396 e. The minimum absolute atomic E-state index is 0.0734. The van der Waals surface area contributed by atoms with Crippen molar-refractivity contribution in [1.82, 2.24) is 14.7 Å². The molecule has 120 valence electrons. The maximum atomic E-state index is 9.22. The quantitative estimate of drug-likeness (QED) is 0.779. The van der Waals surface area contributed by atoms with Gasteiger partial charge in [-0.15, -0.1) is 0 Å². The van der Waals surface area contributed by atoms with E-state index in [-0.39, 0.29) is 13.2 Å². The fourth-order valence-electron chi connectivity index (χ4n) is 2.44. The summed E-state index contributed by atoms with van der Waals surface area (Å²) in [6.07, 6.45) is 0.665. The van der Waals surface area contributed by atoms with Crippen LogP contribution in [0.1, 0.15) is 12.0 Å². The summed E-state index contributed by atoms with van der Waals surface area (Å²) in [6, 6.07) is 9.92. The number of halogens is 1. The molecule has 6 heteroatoms. The second-order valence-corrected chi connectivity index (χ2v) is 5.54. The Hall–Kier alpha value is -1.40. The molecule has 1 heterocycles. The summed E-state index contributed by atoms with van der Waals surface area (Å²) in [6.45, 7) is 2.05. The van der Waals surface area contributed by atoms with Gasteiger partial charge in [0.15, 0.2) is 0 Å². The number of hydrogen-bond donors (Lipinski definition) is 2. The summed E-state index contributed by atoms with van der Waals surface area (Å²) >= 11 is 6.40. The fraction of sp³-hybridized carbons (Fsp3) is 0.438. The number of hydrogen-bond acceptors (Lipinski definition) is 4. The van der Waals surface area contributed by atoms with Crippen LogP contribution in [0.15, 0.2) is 30.3 Å². The summed E-state index contributed by atoms with van der Waals surface area (Å²) in [5, 5.41) is 23.3. The summed E-state index contributed by atoms with van der Waals surface area (Å²) in [5.74, 6) is 0. The minimum Gasteiger partial charge on any atom is -0.396 e. The summed E-state index contributed by atoms with van der Waals surface area (Å²) in [4.78, 5) is 2.07. The molecule has 0 saturated carbocycles. The number of aromatic nitrogens is 2. The zero-order chi connectivity index (χ0) is 15.9. The first-order valence-electron chi connectivity index (χ1n) is 7.38. The van der Waals surface area contributed by atoms with Crippen LogP contribution in [0.25, 0.3) is 11.3 Å². The highest BCUT2D eigenvalue weighted by atomic mass is 35.5. The third-order valence-corrected chi connectivity index (χ3v) is 4.02. The van der Waals surface area contributed by atoms with Crippen LogP contribution in [0, 0.1) is 0 Å². The first kappa shape index (κ1) is 17.0. The lowest BCUT2D eigenvalue weighted by Crippen LogP contribution is -2.28. The number of rotatable bonds is 8. The Bertz CT molecular complexity index is 587. The SMILES string of the molecule is Cn1nc(-c2ccccc2)c(CN(CCO)CCCO)c1Cl. The Morgan fingerprint density at radius 2 is 1.86 bits per heavy atom. The molecule has 1 aromatic carbocycles. The number of aryl methyl sites for hydroxylation is 1. The third-order valence-electron chi connectivity index (χ3n) is 3.55. The van der Waals surface area contributed by atoms with E-state index >= 15 is 0 Å². The van der Waals surface area contributed by atoms with Crippen LogP contribution >= 0.6 is 11.6 Å². The molecule has 2 rings (SSSR count). The lowest BCUT2D eigenvalue weighted by atomic mass is 10.1. The van der Waals surface area contributed by atoms with Crippen molar-refractivity contribution in [2.75, 3.05) is 26.3 Å². The van der Waals surface area contributed by atoms with Crippen molar-refractivity contribution < 1.29 is 10.2 Å². The lowest BCUT2D eigenvalue weighted by Gasteiger charge is -2.21. The monoisotopic (exact) mass is 323 g/mol. The van der Waals surface area contributed by atoms with Gasteiger partial charge in [0, 0.05) is 44.4 Å². The molecule has 2 N–H and O–H groups in total. The van der Waals surface area contributed by atoms with Crippen molar-refractivity contribution in [2.24, 2.45) is 7.05 Å². The predicted molar refractivity (Wildman–Crippen MR) is 87.7 cm³/mol. The smallest absolute Gasteiger partial charge is 0.131 e. The van der Waals surface area contributed by atoms with Crippen LogP contribution in [-0.2, 0) is 13.6 Å². The Morgan fingerprint density at radius 1 is 1.14 bits per heavy atom.